The van der Waals surface area contributed by atoms with E-state index in [0.717, 1.165) is 0 Å². The second-order valence-electron chi connectivity index (χ2n) is 6.41. The van der Waals surface area contributed by atoms with Crippen molar-refractivity contribution in [1.29, 1.82) is 0 Å². The first-order valence-electron chi connectivity index (χ1n) is 7.42. The van der Waals surface area contributed by atoms with Crippen LogP contribution in [0.25, 0.3) is 0 Å². The van der Waals surface area contributed by atoms with E-state index in [4.69, 9.17) is 14.6 Å². The first kappa shape index (κ1) is 19.1. The van der Waals surface area contributed by atoms with Crippen LogP contribution >= 0.6 is 0 Å². The van der Waals surface area contributed by atoms with E-state index in [-0.39, 0.29) is 6.61 Å². The minimum absolute atomic E-state index is 0.0680. The molecule has 1 heterocycles. The van der Waals surface area contributed by atoms with Crippen LogP contribution in [-0.2, 0) is 9.47 Å². The molecule has 5 atom stereocenters. The number of carbonyl (C=O) groups is 1. The Morgan fingerprint density at radius 2 is 1.82 bits per heavy atom. The molecule has 1 rings (SSSR count). The van der Waals surface area contributed by atoms with E-state index in [9.17, 15) is 20.1 Å². The van der Waals surface area contributed by atoms with Crippen molar-refractivity contribution in [3.63, 3.8) is 0 Å². The van der Waals surface area contributed by atoms with E-state index in [1.54, 1.807) is 20.8 Å². The van der Waals surface area contributed by atoms with Crippen molar-refractivity contribution in [3.8, 4) is 0 Å². The molecular weight excluding hydrogens is 294 g/mol. The monoisotopic (exact) mass is 321 g/mol. The summed E-state index contributed by atoms with van der Waals surface area (Å²) in [5, 5.41) is 40.7. The Balaban J connectivity index is 2.78. The van der Waals surface area contributed by atoms with Gasteiger partial charge in [-0.2, -0.15) is 0 Å². The smallest absolute Gasteiger partial charge is 0.408 e. The summed E-state index contributed by atoms with van der Waals surface area (Å²) in [4.78, 5) is 11.9. The first-order valence-corrected chi connectivity index (χ1v) is 7.42. The molecule has 1 aliphatic rings. The number of hydrogen-bond donors (Lipinski definition) is 5. The van der Waals surface area contributed by atoms with Gasteiger partial charge in [-0.3, -0.25) is 0 Å². The number of aliphatic hydroxyl groups is 4. The number of rotatable bonds is 5. The van der Waals surface area contributed by atoms with Crippen LogP contribution in [0.1, 0.15) is 33.6 Å². The van der Waals surface area contributed by atoms with Gasteiger partial charge in [0.25, 0.3) is 0 Å². The summed E-state index contributed by atoms with van der Waals surface area (Å²) in [6.45, 7) is 4.61. The third kappa shape index (κ3) is 5.36. The number of aliphatic hydroxyl groups excluding tert-OH is 4. The molecule has 0 aliphatic carbocycles. The van der Waals surface area contributed by atoms with Crippen LogP contribution in [0.4, 0.5) is 4.79 Å². The topological polar surface area (TPSA) is 128 Å². The first-order chi connectivity index (χ1) is 10.2. The lowest BCUT2D eigenvalue weighted by molar-refractivity contribution is -0.195. The number of carbonyl (C=O) groups excluding carboxylic acids is 1. The standard InChI is InChI=1S/C14H27NO7/c1-14(2,3)22-13(20)15-10-8(5-4-6-16)21-9(7-17)11(18)12(10)19/h8-12,16-19H,4-7H2,1-3H3,(H,15,20)/t8?,9?,10-,11-,12-/m1/s1. The molecule has 0 spiro atoms. The molecular formula is C14H27NO7. The molecule has 0 radical (unpaired) electrons. The van der Waals surface area contributed by atoms with Gasteiger partial charge in [-0.15, -0.1) is 0 Å². The maximum Gasteiger partial charge on any atom is 0.408 e. The number of ether oxygens (including phenoxy) is 2. The largest absolute Gasteiger partial charge is 0.444 e. The van der Waals surface area contributed by atoms with Gasteiger partial charge in [0.15, 0.2) is 0 Å². The summed E-state index contributed by atoms with van der Waals surface area (Å²) in [6, 6.07) is -0.890. The van der Waals surface area contributed by atoms with Gasteiger partial charge in [0, 0.05) is 6.61 Å². The average molecular weight is 321 g/mol. The maximum absolute atomic E-state index is 11.9. The Bertz CT molecular complexity index is 358. The fourth-order valence-electron chi connectivity index (χ4n) is 2.35. The highest BCUT2D eigenvalue weighted by Crippen LogP contribution is 2.24. The third-order valence-corrected chi connectivity index (χ3v) is 3.36. The van der Waals surface area contributed by atoms with E-state index in [1.807, 2.05) is 0 Å². The highest BCUT2D eigenvalue weighted by molar-refractivity contribution is 5.68. The minimum Gasteiger partial charge on any atom is -0.444 e. The lowest BCUT2D eigenvalue weighted by Crippen LogP contribution is -2.64. The molecule has 0 saturated carbocycles. The zero-order chi connectivity index (χ0) is 16.9. The van der Waals surface area contributed by atoms with Gasteiger partial charge in [-0.05, 0) is 33.6 Å². The van der Waals surface area contributed by atoms with Crippen molar-refractivity contribution in [2.24, 2.45) is 0 Å². The summed E-state index contributed by atoms with van der Waals surface area (Å²) in [5.41, 5.74) is -0.697. The van der Waals surface area contributed by atoms with Crippen LogP contribution in [-0.4, -0.2) is 75.8 Å². The van der Waals surface area contributed by atoms with Gasteiger partial charge in [-0.25, -0.2) is 4.79 Å². The predicted molar refractivity (Wildman–Crippen MR) is 77.2 cm³/mol. The Morgan fingerprint density at radius 1 is 1.18 bits per heavy atom. The van der Waals surface area contributed by atoms with Crippen LogP contribution in [0.5, 0.6) is 0 Å². The summed E-state index contributed by atoms with van der Waals surface area (Å²) < 4.78 is 10.7. The Morgan fingerprint density at radius 3 is 2.32 bits per heavy atom. The summed E-state index contributed by atoms with van der Waals surface area (Å²) in [7, 11) is 0. The molecule has 0 aromatic heterocycles. The van der Waals surface area contributed by atoms with Crippen LogP contribution in [0.3, 0.4) is 0 Å². The Hall–Kier alpha value is -0.930. The van der Waals surface area contributed by atoms with E-state index in [0.29, 0.717) is 12.8 Å². The van der Waals surface area contributed by atoms with E-state index < -0.39 is 48.8 Å². The molecule has 1 aliphatic heterocycles. The van der Waals surface area contributed by atoms with Crippen molar-refractivity contribution < 1.29 is 34.7 Å². The van der Waals surface area contributed by atoms with Crippen LogP contribution in [0, 0.1) is 0 Å². The summed E-state index contributed by atoms with van der Waals surface area (Å²) in [6.07, 6.45) is -4.18. The molecule has 5 N–H and O–H groups in total. The van der Waals surface area contributed by atoms with Gasteiger partial charge in [-0.1, -0.05) is 0 Å². The van der Waals surface area contributed by atoms with Crippen LogP contribution in [0.15, 0.2) is 0 Å². The van der Waals surface area contributed by atoms with Crippen molar-refractivity contribution in [2.75, 3.05) is 13.2 Å². The van der Waals surface area contributed by atoms with Gasteiger partial charge < -0.3 is 35.2 Å². The molecule has 1 amide bonds. The van der Waals surface area contributed by atoms with Crippen molar-refractivity contribution in [2.45, 2.75) is 69.7 Å². The van der Waals surface area contributed by atoms with Gasteiger partial charge in [0.1, 0.15) is 23.9 Å². The maximum atomic E-state index is 11.9. The molecule has 2 unspecified atom stereocenters. The molecule has 1 saturated heterocycles. The summed E-state index contributed by atoms with van der Waals surface area (Å²) >= 11 is 0. The quantitative estimate of drug-likeness (QED) is 0.445. The van der Waals surface area contributed by atoms with Crippen LogP contribution in [0.2, 0.25) is 0 Å². The molecule has 1 fully saturated rings. The molecule has 8 heteroatoms. The summed E-state index contributed by atoms with van der Waals surface area (Å²) in [5.74, 6) is 0. The number of hydrogen-bond acceptors (Lipinski definition) is 7. The number of nitrogens with one attached hydrogen (secondary N) is 1. The number of alkyl carbamates (subject to hydrolysis) is 1. The minimum atomic E-state index is -1.32. The van der Waals surface area contributed by atoms with Crippen LogP contribution < -0.4 is 5.32 Å². The van der Waals surface area contributed by atoms with Gasteiger partial charge in [0.05, 0.1) is 18.8 Å². The lowest BCUT2D eigenvalue weighted by Gasteiger charge is -2.42. The zero-order valence-electron chi connectivity index (χ0n) is 13.2. The molecule has 0 bridgehead atoms. The fourth-order valence-corrected chi connectivity index (χ4v) is 2.35. The van der Waals surface area contributed by atoms with E-state index in [1.165, 1.54) is 0 Å². The van der Waals surface area contributed by atoms with E-state index in [2.05, 4.69) is 5.32 Å². The molecule has 130 valence electrons. The fraction of sp³-hybridized carbons (Fsp3) is 0.929. The zero-order valence-corrected chi connectivity index (χ0v) is 13.2. The predicted octanol–water partition coefficient (Wildman–Crippen LogP) is -0.866. The Labute approximate surface area is 130 Å². The Kier molecular flexibility index (Phi) is 7.01. The highest BCUT2D eigenvalue weighted by atomic mass is 16.6. The van der Waals surface area contributed by atoms with E-state index >= 15 is 0 Å². The second kappa shape index (κ2) is 8.07. The molecule has 0 aromatic carbocycles. The lowest BCUT2D eigenvalue weighted by atomic mass is 9.90. The van der Waals surface area contributed by atoms with Gasteiger partial charge in [0.2, 0.25) is 0 Å². The van der Waals surface area contributed by atoms with Crippen molar-refractivity contribution in [1.82, 2.24) is 5.32 Å². The SMILES string of the molecule is CC(C)(C)OC(=O)N[C@@H]1C(CCCO)OC(CO)[C@@H](O)[C@@H]1O. The third-order valence-electron chi connectivity index (χ3n) is 3.36. The second-order valence-corrected chi connectivity index (χ2v) is 6.41. The average Bonchev–Trinajstić information content (AvgIpc) is 2.41. The van der Waals surface area contributed by atoms with Crippen molar-refractivity contribution >= 4 is 6.09 Å². The number of amides is 1. The normalized spacial score (nSPS) is 32.6. The van der Waals surface area contributed by atoms with Crippen molar-refractivity contribution in [3.05, 3.63) is 0 Å². The molecule has 22 heavy (non-hydrogen) atoms. The molecule has 8 nitrogen and oxygen atoms in total. The highest BCUT2D eigenvalue weighted by Gasteiger charge is 2.44. The van der Waals surface area contributed by atoms with Gasteiger partial charge >= 0.3 is 6.09 Å². The molecule has 0 aromatic rings.